The zero-order chi connectivity index (χ0) is 95.5. The van der Waals surface area contributed by atoms with Gasteiger partial charge in [0, 0.05) is 48.7 Å². The largest absolute Gasteiger partial charge is 0.471 e. The molecule has 3 N–H and O–H groups in total. The Morgan fingerprint density at radius 1 is 0.417 bits per heavy atom. The van der Waals surface area contributed by atoms with Crippen LogP contribution in [0.4, 0.5) is 26.3 Å². The minimum Gasteiger partial charge on any atom is -0.465 e. The molecule has 4 aliphatic heterocycles. The number of rotatable bonds is 43. The predicted molar refractivity (Wildman–Crippen MR) is 437 cm³/mol. The van der Waals surface area contributed by atoms with Gasteiger partial charge in [0.15, 0.2) is 30.9 Å². The maximum absolute atomic E-state index is 16.0. The summed E-state index contributed by atoms with van der Waals surface area (Å²) in [4.78, 5) is 140. The van der Waals surface area contributed by atoms with Crippen LogP contribution in [-0.4, -0.2) is 259 Å². The van der Waals surface area contributed by atoms with E-state index >= 15 is 22.8 Å². The lowest BCUT2D eigenvalue weighted by molar-refractivity contribution is -0.396. The Kier molecular flexibility index (Phi) is 38.0. The fourth-order valence-electron chi connectivity index (χ4n) is 15.3. The number of aliphatic hydroxyl groups excluding tert-OH is 1. The number of benzene rings is 6. The zero-order valence-electron chi connectivity index (χ0n) is 73.1. The van der Waals surface area contributed by atoms with Crippen molar-refractivity contribution < 1.29 is 184 Å². The van der Waals surface area contributed by atoms with E-state index < -0.39 is 252 Å². The first-order chi connectivity index (χ1) is 63.0. The van der Waals surface area contributed by atoms with Crippen molar-refractivity contribution in [1.82, 2.24) is 10.6 Å². The molecule has 4 heterocycles. The maximum atomic E-state index is 16.0. The van der Waals surface area contributed by atoms with E-state index in [1.165, 1.54) is 31.4 Å². The Labute approximate surface area is 754 Å². The molecule has 22 atom stereocenters. The second-order valence-corrected chi connectivity index (χ2v) is 30.9. The predicted octanol–water partition coefficient (Wildman–Crippen LogP) is 7.64. The molecular formula is C91H104F6N2O33. The number of alkyl halides is 6. The molecule has 4 aliphatic rings. The second-order valence-electron chi connectivity index (χ2n) is 30.9. The molecule has 41 heteroatoms. The highest BCUT2D eigenvalue weighted by molar-refractivity contribution is 5.84. The van der Waals surface area contributed by atoms with E-state index in [0.29, 0.717) is 55.7 Å². The van der Waals surface area contributed by atoms with Crippen LogP contribution in [0, 0.1) is 0 Å². The average molecular weight is 1870 g/mol. The topological polar surface area (TPSA) is 418 Å². The lowest BCUT2D eigenvalue weighted by Crippen LogP contribution is -2.73. The SMILES string of the molecule is COC(=O)[C@@]1(O[C@H]2[C@@H](O)[C@@H](COCc3ccccc3)O[C@@H](O[C@H]3[C@H](OCc4ccccc4)[C@@H](OCc4ccccc4)[C@H](OC)O[C@@H]3COCc3ccccc3)[C@@H]2OCc2ccccc2)C[C@H](OC(C)=O)[C@@H](NC(=O)C(F)(F)F)[C@H]([C@H](OC(C)=O)[C@@H](COCc2ccccc2)O[C@]2(C(=O)OC)C[C@H](OC(C)=O)[C@@H](NC(=O)C(F)(F)F)[C@H]([C@H](OC(C)=O)[C@@H](COC(C)=O)OC(C)=O)O2)O1. The van der Waals surface area contributed by atoms with Crippen LogP contribution < -0.4 is 10.6 Å². The Morgan fingerprint density at radius 2 is 0.780 bits per heavy atom. The van der Waals surface area contributed by atoms with E-state index in [1.54, 1.807) is 156 Å². The summed E-state index contributed by atoms with van der Waals surface area (Å²) >= 11 is 0. The molecule has 132 heavy (non-hydrogen) atoms. The molecule has 718 valence electrons. The van der Waals surface area contributed by atoms with Crippen LogP contribution in [0.25, 0.3) is 0 Å². The summed E-state index contributed by atoms with van der Waals surface area (Å²) in [5, 5.41) is 16.9. The number of carbonyl (C=O) groups is 10. The molecule has 0 aromatic heterocycles. The smallest absolute Gasteiger partial charge is 0.465 e. The minimum atomic E-state index is -5.95. The lowest BCUT2D eigenvalue weighted by Gasteiger charge is -2.53. The molecule has 0 aliphatic carbocycles. The lowest BCUT2D eigenvalue weighted by atomic mass is 9.86. The van der Waals surface area contributed by atoms with Crippen LogP contribution in [0.5, 0.6) is 0 Å². The number of hydrogen-bond donors (Lipinski definition) is 3. The van der Waals surface area contributed by atoms with Gasteiger partial charge >= 0.3 is 71.9 Å². The maximum Gasteiger partial charge on any atom is 0.471 e. The van der Waals surface area contributed by atoms with Crippen molar-refractivity contribution in [3.63, 3.8) is 0 Å². The van der Waals surface area contributed by atoms with E-state index in [1.807, 2.05) is 12.1 Å². The normalized spacial score (nSPS) is 26.4. The van der Waals surface area contributed by atoms with Crippen molar-refractivity contribution in [3.8, 4) is 0 Å². The molecule has 0 spiro atoms. The molecule has 4 fully saturated rings. The number of amides is 2. The van der Waals surface area contributed by atoms with E-state index in [9.17, 15) is 56.6 Å². The van der Waals surface area contributed by atoms with Crippen LogP contribution in [0.1, 0.15) is 87.8 Å². The van der Waals surface area contributed by atoms with Gasteiger partial charge in [-0.05, 0) is 33.4 Å². The van der Waals surface area contributed by atoms with Crippen LogP contribution in [-0.2, 0) is 192 Å². The Morgan fingerprint density at radius 3 is 1.17 bits per heavy atom. The average Bonchev–Trinajstić information content (AvgIpc) is 0.741. The van der Waals surface area contributed by atoms with Crippen molar-refractivity contribution in [2.75, 3.05) is 47.8 Å². The van der Waals surface area contributed by atoms with Gasteiger partial charge in [-0.25, -0.2) is 9.59 Å². The van der Waals surface area contributed by atoms with Gasteiger partial charge < -0.3 is 120 Å². The van der Waals surface area contributed by atoms with E-state index in [-0.39, 0.29) is 33.0 Å². The summed E-state index contributed by atoms with van der Waals surface area (Å²) in [6, 6.07) is 46.1. The molecule has 10 rings (SSSR count). The quantitative estimate of drug-likeness (QED) is 0.0188. The standard InChI is InChI=1S/C91H104F6N2O33/c1-52(100)117-51-68(123-55(4)103)73(124-56(5)104)76-70(98-84(107)90(92,93)94)64(121-53(2)101)40-88(130-76,86(109)112-8)129-69(50-116-44-60-32-20-12-21-33-60)75(125-57(6)105)77-71(99-85(108)91(95,96)97)65(122-54(3)102)41-89(131-77,87(110)113-9)132-78-72(106)66(48-114-42-58-28-16-10-17-29-58)126-83(80(78)119-46-62-36-24-14-25-37-62)128-74-67(49-115-43-59-30-18-11-19-31-59)127-82(111-7)81(120-47-63-38-26-15-27-39-63)79(74)118-45-61-34-22-13-23-35-61/h10-39,64-83,106H,40-51H2,1-9H3,(H,98,107)(H,99,108)/t64-,65-,66+,67+,68+,69+,70+,71+,72-,73+,74+,75+,76+,77+,78-,79-,80+,81+,82+,83-,88+,89-/m0/s1. The van der Waals surface area contributed by atoms with E-state index in [4.69, 9.17) is 104 Å². The fraction of sp³-hybridized carbons (Fsp3) is 0.495. The van der Waals surface area contributed by atoms with Crippen molar-refractivity contribution in [2.45, 2.75) is 240 Å². The molecule has 0 saturated carbocycles. The van der Waals surface area contributed by atoms with Gasteiger partial charge in [0.05, 0.1) is 98.6 Å². The zero-order valence-corrected chi connectivity index (χ0v) is 73.1. The van der Waals surface area contributed by atoms with Crippen LogP contribution in [0.2, 0.25) is 0 Å². The van der Waals surface area contributed by atoms with Gasteiger partial charge in [-0.1, -0.05) is 182 Å². The van der Waals surface area contributed by atoms with Gasteiger partial charge in [-0.2, -0.15) is 26.3 Å². The molecular weight excluding hydrogens is 1760 g/mol. The van der Waals surface area contributed by atoms with E-state index in [0.717, 1.165) is 33.4 Å². The third kappa shape index (κ3) is 29.0. The molecule has 35 nitrogen and oxygen atoms in total. The van der Waals surface area contributed by atoms with Crippen molar-refractivity contribution in [2.24, 2.45) is 0 Å². The molecule has 4 saturated heterocycles. The number of aliphatic hydroxyl groups is 1. The number of hydrogen-bond acceptors (Lipinski definition) is 33. The summed E-state index contributed by atoms with van der Waals surface area (Å²) in [5.41, 5.74) is 3.35. The van der Waals surface area contributed by atoms with Crippen LogP contribution in [0.15, 0.2) is 182 Å². The molecule has 6 aromatic carbocycles. The minimum absolute atomic E-state index is 0.0118. The molecule has 0 bridgehead atoms. The van der Waals surface area contributed by atoms with Gasteiger partial charge in [-0.15, -0.1) is 0 Å². The monoisotopic (exact) mass is 1870 g/mol. The number of nitrogens with one attached hydrogen (secondary N) is 2. The van der Waals surface area contributed by atoms with Crippen molar-refractivity contribution >= 4 is 59.6 Å². The van der Waals surface area contributed by atoms with Crippen molar-refractivity contribution in [1.29, 1.82) is 0 Å². The second kappa shape index (κ2) is 48.6. The van der Waals surface area contributed by atoms with Crippen LogP contribution in [0.3, 0.4) is 0 Å². The summed E-state index contributed by atoms with van der Waals surface area (Å²) < 4.78 is 230. The number of methoxy groups -OCH3 is 3. The first kappa shape index (κ1) is 103. The number of carbonyl (C=O) groups excluding carboxylic acids is 10. The molecule has 2 amide bonds. The van der Waals surface area contributed by atoms with Gasteiger partial charge in [0.25, 0.3) is 11.6 Å². The Bertz CT molecular complexity index is 4720. The first-order valence-corrected chi connectivity index (χ1v) is 41.6. The molecule has 0 radical (unpaired) electrons. The first-order valence-electron chi connectivity index (χ1n) is 41.6. The highest BCUT2D eigenvalue weighted by Crippen LogP contribution is 2.46. The Balaban J connectivity index is 1.21. The fourth-order valence-corrected chi connectivity index (χ4v) is 15.3. The number of esters is 8. The van der Waals surface area contributed by atoms with Gasteiger partial charge in [0.2, 0.25) is 0 Å². The Hall–Kier alpha value is -11.0. The summed E-state index contributed by atoms with van der Waals surface area (Å²) in [7, 11) is 2.76. The van der Waals surface area contributed by atoms with Gasteiger partial charge in [-0.3, -0.25) is 38.4 Å². The van der Waals surface area contributed by atoms with E-state index in [2.05, 4.69) is 0 Å². The highest BCUT2D eigenvalue weighted by Gasteiger charge is 2.67. The third-order valence-corrected chi connectivity index (χ3v) is 21.0. The number of ether oxygens (including phenoxy) is 22. The highest BCUT2D eigenvalue weighted by atomic mass is 19.4. The molecule has 6 aromatic rings. The van der Waals surface area contributed by atoms with Gasteiger partial charge in [0.1, 0.15) is 86.0 Å². The summed E-state index contributed by atoms with van der Waals surface area (Å²) in [6.07, 6.45) is -53.2. The summed E-state index contributed by atoms with van der Waals surface area (Å²) in [5.74, 6) is -24.8. The number of halogens is 6. The van der Waals surface area contributed by atoms with Crippen molar-refractivity contribution in [3.05, 3.63) is 215 Å². The van der Waals surface area contributed by atoms with Crippen LogP contribution >= 0.6 is 0 Å². The molecule has 0 unspecified atom stereocenters. The third-order valence-electron chi connectivity index (χ3n) is 21.0. The summed E-state index contributed by atoms with van der Waals surface area (Å²) in [6.45, 7) is -0.575.